The number of hydrogen-bond donors (Lipinski definition) is 2. The first kappa shape index (κ1) is 5.81. The molecule has 0 aliphatic heterocycles. The van der Waals surface area contributed by atoms with Gasteiger partial charge in [-0.2, -0.15) is 0 Å². The Morgan fingerprint density at radius 2 is 2.67 bits per heavy atom. The first-order valence-corrected chi connectivity index (χ1v) is 2.42. The number of hydrogen-bond acceptors (Lipinski definition) is 2. The molecule has 0 fully saturated rings. The van der Waals surface area contributed by atoms with Gasteiger partial charge < -0.3 is 10.7 Å². The number of amides is 1. The van der Waals surface area contributed by atoms with E-state index in [0.29, 0.717) is 5.69 Å². The Morgan fingerprint density at radius 3 is 3.11 bits per heavy atom. The van der Waals surface area contributed by atoms with Crippen LogP contribution in [0.1, 0.15) is 5.69 Å². The minimum absolute atomic E-state index is 0.484. The summed E-state index contributed by atoms with van der Waals surface area (Å²) < 4.78 is 0. The first-order valence-electron chi connectivity index (χ1n) is 2.42. The highest BCUT2D eigenvalue weighted by Gasteiger charge is 1.98. The van der Waals surface area contributed by atoms with E-state index < -0.39 is 5.91 Å². The van der Waals surface area contributed by atoms with Crippen molar-refractivity contribution in [3.05, 3.63) is 24.6 Å². The highest BCUT2D eigenvalue weighted by atomic mass is 16.1. The number of imidazole rings is 1. The lowest BCUT2D eigenvalue weighted by Gasteiger charge is -1.84. The molecular weight excluding hydrogens is 118 g/mol. The average Bonchev–Trinajstić information content (AvgIpc) is 2.15. The van der Waals surface area contributed by atoms with Gasteiger partial charge in [0.25, 0.3) is 0 Å². The zero-order chi connectivity index (χ0) is 6.69. The van der Waals surface area contributed by atoms with Crippen LogP contribution in [-0.4, -0.2) is 15.9 Å². The van der Waals surface area contributed by atoms with Crippen LogP contribution in [0.2, 0.25) is 0 Å². The maximum absolute atomic E-state index is 10.2. The van der Waals surface area contributed by atoms with E-state index in [4.69, 9.17) is 5.73 Å². The summed E-state index contributed by atoms with van der Waals surface area (Å²) in [5.41, 5.74) is 5.39. The zero-order valence-electron chi connectivity index (χ0n) is 4.66. The summed E-state index contributed by atoms with van der Waals surface area (Å²) in [6.07, 6.45) is 4.32. The number of rotatable bonds is 2. The predicted molar refractivity (Wildman–Crippen MR) is 31.2 cm³/mol. The molecule has 1 aromatic heterocycles. The second kappa shape index (κ2) is 2.30. The molecule has 1 amide bonds. The Kier molecular flexibility index (Phi) is 1.48. The lowest BCUT2D eigenvalue weighted by atomic mass is 10.3. The fraction of sp³-hybridized carbons (Fsp3) is 0. The molecular formula is C5H6N3O. The van der Waals surface area contributed by atoms with Gasteiger partial charge in [-0.05, 0) is 0 Å². The van der Waals surface area contributed by atoms with Crippen molar-refractivity contribution < 1.29 is 4.79 Å². The van der Waals surface area contributed by atoms with Crippen molar-refractivity contribution in [3.63, 3.8) is 0 Å². The molecule has 4 heteroatoms. The van der Waals surface area contributed by atoms with E-state index in [1.54, 1.807) is 6.20 Å². The summed E-state index contributed by atoms with van der Waals surface area (Å²) in [6.45, 7) is 0. The second-order valence-corrected chi connectivity index (χ2v) is 1.54. The van der Waals surface area contributed by atoms with E-state index in [9.17, 15) is 4.79 Å². The maximum Gasteiger partial charge on any atom is 0.227 e. The van der Waals surface area contributed by atoms with E-state index in [1.807, 2.05) is 0 Å². The molecule has 0 aliphatic carbocycles. The monoisotopic (exact) mass is 124 g/mol. The standard InChI is InChI=1S/C5H6N3O/c6-5(9)1-4-2-7-3-8-4/h1-3H,(H2,6,9)(H,7,8). The van der Waals surface area contributed by atoms with Crippen LogP contribution in [0.25, 0.3) is 0 Å². The average molecular weight is 124 g/mol. The topological polar surface area (TPSA) is 71.8 Å². The number of nitrogens with one attached hydrogen (secondary N) is 1. The van der Waals surface area contributed by atoms with Crippen molar-refractivity contribution in [2.75, 3.05) is 0 Å². The fourth-order valence-corrected chi connectivity index (χ4v) is 0.496. The molecule has 1 radical (unpaired) electrons. The van der Waals surface area contributed by atoms with Gasteiger partial charge in [0.1, 0.15) is 0 Å². The van der Waals surface area contributed by atoms with Gasteiger partial charge in [0.2, 0.25) is 5.91 Å². The zero-order valence-corrected chi connectivity index (χ0v) is 4.66. The smallest absolute Gasteiger partial charge is 0.227 e. The van der Waals surface area contributed by atoms with E-state index in [0.717, 1.165) is 0 Å². The molecule has 0 saturated carbocycles. The summed E-state index contributed by atoms with van der Waals surface area (Å²) >= 11 is 0. The third-order valence-corrected chi connectivity index (χ3v) is 0.810. The van der Waals surface area contributed by atoms with Gasteiger partial charge in [-0.15, -0.1) is 0 Å². The van der Waals surface area contributed by atoms with Gasteiger partial charge in [-0.1, -0.05) is 0 Å². The van der Waals surface area contributed by atoms with Crippen LogP contribution < -0.4 is 5.73 Å². The molecule has 0 aromatic carbocycles. The number of nitrogens with two attached hydrogens (primary N) is 1. The number of carbonyl (C=O) groups excluding carboxylic acids is 1. The van der Waals surface area contributed by atoms with E-state index in [-0.39, 0.29) is 0 Å². The van der Waals surface area contributed by atoms with Gasteiger partial charge in [0.05, 0.1) is 18.4 Å². The normalized spacial score (nSPS) is 9.33. The molecule has 0 aliphatic rings. The number of primary amides is 1. The summed E-state index contributed by atoms with van der Waals surface area (Å²) in [7, 11) is 0. The predicted octanol–water partition coefficient (Wildman–Crippen LogP) is -0.553. The highest BCUT2D eigenvalue weighted by Crippen LogP contribution is 1.92. The van der Waals surface area contributed by atoms with Crippen LogP contribution in [0.15, 0.2) is 12.5 Å². The Bertz CT molecular complexity index is 192. The molecule has 3 N–H and O–H groups in total. The first-order chi connectivity index (χ1) is 4.29. The Morgan fingerprint density at radius 1 is 1.89 bits per heavy atom. The van der Waals surface area contributed by atoms with Crippen molar-refractivity contribution in [2.24, 2.45) is 5.73 Å². The van der Waals surface area contributed by atoms with Gasteiger partial charge >= 0.3 is 0 Å². The Labute approximate surface area is 52.1 Å². The molecule has 47 valence electrons. The van der Waals surface area contributed by atoms with Crippen LogP contribution in [0, 0.1) is 6.42 Å². The molecule has 1 aromatic rings. The van der Waals surface area contributed by atoms with Crippen molar-refractivity contribution in [3.8, 4) is 0 Å². The van der Waals surface area contributed by atoms with Crippen LogP contribution in [0.4, 0.5) is 0 Å². The minimum Gasteiger partial charge on any atom is -0.369 e. The van der Waals surface area contributed by atoms with E-state index in [2.05, 4.69) is 9.97 Å². The Hall–Kier alpha value is -1.32. The third kappa shape index (κ3) is 1.56. The van der Waals surface area contributed by atoms with Crippen molar-refractivity contribution in [1.82, 2.24) is 9.97 Å². The summed E-state index contributed by atoms with van der Waals surface area (Å²) in [6, 6.07) is 0. The lowest BCUT2D eigenvalue weighted by molar-refractivity contribution is -0.114. The van der Waals surface area contributed by atoms with Gasteiger partial charge in [-0.3, -0.25) is 4.79 Å². The molecule has 0 atom stereocenters. The summed E-state index contributed by atoms with van der Waals surface area (Å²) in [5, 5.41) is 0. The van der Waals surface area contributed by atoms with Crippen molar-refractivity contribution in [1.29, 1.82) is 0 Å². The molecule has 1 rings (SSSR count). The number of carbonyl (C=O) groups is 1. The molecule has 4 nitrogen and oxygen atoms in total. The van der Waals surface area contributed by atoms with Crippen LogP contribution >= 0.6 is 0 Å². The number of H-pyrrole nitrogens is 1. The molecule has 9 heavy (non-hydrogen) atoms. The second-order valence-electron chi connectivity index (χ2n) is 1.54. The Balaban J connectivity index is 2.58. The van der Waals surface area contributed by atoms with Crippen LogP contribution in [-0.2, 0) is 4.79 Å². The van der Waals surface area contributed by atoms with E-state index >= 15 is 0 Å². The van der Waals surface area contributed by atoms with E-state index in [1.165, 1.54) is 12.7 Å². The van der Waals surface area contributed by atoms with Crippen molar-refractivity contribution in [2.45, 2.75) is 0 Å². The summed E-state index contributed by atoms with van der Waals surface area (Å²) in [5.74, 6) is -0.484. The molecule has 0 saturated heterocycles. The lowest BCUT2D eigenvalue weighted by Crippen LogP contribution is -2.11. The van der Waals surface area contributed by atoms with Gasteiger partial charge in [-0.25, -0.2) is 4.98 Å². The van der Waals surface area contributed by atoms with Crippen molar-refractivity contribution >= 4 is 5.91 Å². The number of nitrogens with zero attached hydrogens (tertiary/aromatic N) is 1. The van der Waals surface area contributed by atoms with Gasteiger partial charge in [0, 0.05) is 6.20 Å². The molecule has 0 unspecified atom stereocenters. The number of aromatic amines is 1. The maximum atomic E-state index is 10.2. The third-order valence-electron chi connectivity index (χ3n) is 0.810. The largest absolute Gasteiger partial charge is 0.369 e. The van der Waals surface area contributed by atoms with Crippen LogP contribution in [0.5, 0.6) is 0 Å². The SMILES string of the molecule is NC(=O)[CH]c1c[nH]cn1. The van der Waals surface area contributed by atoms with Crippen LogP contribution in [0.3, 0.4) is 0 Å². The molecule has 0 spiro atoms. The van der Waals surface area contributed by atoms with Gasteiger partial charge in [0.15, 0.2) is 0 Å². The summed E-state index contributed by atoms with van der Waals surface area (Å²) in [4.78, 5) is 16.6. The quantitative estimate of drug-likeness (QED) is 0.555. The fourth-order valence-electron chi connectivity index (χ4n) is 0.496. The molecule has 1 heterocycles. The highest BCUT2D eigenvalue weighted by molar-refractivity contribution is 5.86. The minimum atomic E-state index is -0.484. The number of aromatic nitrogens is 2. The molecule has 0 bridgehead atoms.